The van der Waals surface area contributed by atoms with Gasteiger partial charge in [0.25, 0.3) is 0 Å². The number of aromatic nitrogens is 2. The van der Waals surface area contributed by atoms with Crippen LogP contribution in [0.5, 0.6) is 11.5 Å². The largest absolute Gasteiger partial charge is 0.497 e. The minimum atomic E-state index is -0.0689. The number of nitrogens with one attached hydrogen (secondary N) is 1. The molecule has 35 heavy (non-hydrogen) atoms. The lowest BCUT2D eigenvalue weighted by molar-refractivity contribution is -0.112. The van der Waals surface area contributed by atoms with Gasteiger partial charge in [0.05, 0.1) is 25.3 Å². The van der Waals surface area contributed by atoms with Crippen LogP contribution in [0, 0.1) is 0 Å². The molecular formula is C27H21Cl2N3O3. The van der Waals surface area contributed by atoms with Gasteiger partial charge in [0.2, 0.25) is 0 Å². The lowest BCUT2D eigenvalue weighted by atomic mass is 9.95. The molecule has 0 unspecified atom stereocenters. The van der Waals surface area contributed by atoms with Crippen molar-refractivity contribution in [3.63, 3.8) is 0 Å². The van der Waals surface area contributed by atoms with E-state index >= 15 is 0 Å². The summed E-state index contributed by atoms with van der Waals surface area (Å²) in [4.78, 5) is 22.3. The van der Waals surface area contributed by atoms with E-state index in [2.05, 4.69) is 15.3 Å². The second-order valence-electron chi connectivity index (χ2n) is 8.13. The standard InChI is InChI=1S/C27H21Cl2N3O3/c1-34-21-5-3-15-7-17(26(28)31-23(15)11-21)9-19-13-30-14-20(25(19)33)10-18-8-16-4-6-22(35-2)12-24(16)32-27(18)29/h3-12,30H,13-14H2,1-2H3/b19-9+,20-10+. The van der Waals surface area contributed by atoms with E-state index in [4.69, 9.17) is 32.7 Å². The Labute approximate surface area is 212 Å². The van der Waals surface area contributed by atoms with Crippen molar-refractivity contribution >= 4 is 62.9 Å². The third-order valence-electron chi connectivity index (χ3n) is 5.88. The molecule has 176 valence electrons. The van der Waals surface area contributed by atoms with Crippen molar-refractivity contribution in [3.05, 3.63) is 81.1 Å². The van der Waals surface area contributed by atoms with Gasteiger partial charge in [-0.2, -0.15) is 0 Å². The zero-order valence-electron chi connectivity index (χ0n) is 19.1. The van der Waals surface area contributed by atoms with E-state index in [1.165, 1.54) is 0 Å². The number of halogens is 2. The highest BCUT2D eigenvalue weighted by Crippen LogP contribution is 2.29. The van der Waals surface area contributed by atoms with Crippen LogP contribution < -0.4 is 14.8 Å². The zero-order chi connectivity index (χ0) is 24.5. The monoisotopic (exact) mass is 505 g/mol. The second kappa shape index (κ2) is 9.66. The topological polar surface area (TPSA) is 73.3 Å². The van der Waals surface area contributed by atoms with Crippen molar-refractivity contribution in [3.8, 4) is 11.5 Å². The fraction of sp³-hybridized carbons (Fsp3) is 0.148. The number of ether oxygens (including phenoxy) is 2. The van der Waals surface area contributed by atoms with Crippen molar-refractivity contribution < 1.29 is 14.3 Å². The van der Waals surface area contributed by atoms with Gasteiger partial charge in [-0.1, -0.05) is 23.2 Å². The highest BCUT2D eigenvalue weighted by atomic mass is 35.5. The number of carbonyl (C=O) groups is 1. The third kappa shape index (κ3) is 4.73. The Morgan fingerprint density at radius 3 is 1.66 bits per heavy atom. The van der Waals surface area contributed by atoms with Gasteiger partial charge in [0.15, 0.2) is 5.78 Å². The van der Waals surface area contributed by atoms with Crippen LogP contribution in [0.15, 0.2) is 59.7 Å². The maximum absolute atomic E-state index is 13.3. The molecule has 6 nitrogen and oxygen atoms in total. The van der Waals surface area contributed by atoms with Crippen LogP contribution in [0.3, 0.4) is 0 Å². The van der Waals surface area contributed by atoms with Gasteiger partial charge in [0.1, 0.15) is 21.8 Å². The number of piperidine rings is 1. The molecule has 5 rings (SSSR count). The molecule has 0 saturated carbocycles. The average molecular weight is 506 g/mol. The van der Waals surface area contributed by atoms with Crippen LogP contribution in [0.4, 0.5) is 0 Å². The molecule has 2 aromatic carbocycles. The number of Topliss-reactive ketones (excluding diaryl/α,β-unsaturated/α-hetero) is 1. The average Bonchev–Trinajstić information content (AvgIpc) is 2.86. The number of hydrogen-bond acceptors (Lipinski definition) is 6. The number of hydrogen-bond donors (Lipinski definition) is 1. The van der Waals surface area contributed by atoms with Crippen LogP contribution in [0.2, 0.25) is 10.3 Å². The number of benzene rings is 2. The van der Waals surface area contributed by atoms with Gasteiger partial charge in [0, 0.05) is 58.3 Å². The minimum Gasteiger partial charge on any atom is -0.497 e. The lowest BCUT2D eigenvalue weighted by Crippen LogP contribution is -2.32. The van der Waals surface area contributed by atoms with Gasteiger partial charge >= 0.3 is 0 Å². The number of nitrogens with zero attached hydrogens (tertiary/aromatic N) is 2. The van der Waals surface area contributed by atoms with Crippen molar-refractivity contribution in [1.29, 1.82) is 0 Å². The first-order chi connectivity index (χ1) is 16.9. The van der Waals surface area contributed by atoms with Gasteiger partial charge in [-0.15, -0.1) is 0 Å². The third-order valence-corrected chi connectivity index (χ3v) is 6.49. The van der Waals surface area contributed by atoms with E-state index in [1.54, 1.807) is 26.4 Å². The molecule has 1 saturated heterocycles. The molecule has 0 amide bonds. The summed E-state index contributed by atoms with van der Waals surface area (Å²) in [6, 6.07) is 15.0. The summed E-state index contributed by atoms with van der Waals surface area (Å²) in [5.41, 5.74) is 3.98. The molecule has 0 radical (unpaired) electrons. The smallest absolute Gasteiger partial charge is 0.187 e. The van der Waals surface area contributed by atoms with E-state index in [-0.39, 0.29) is 5.78 Å². The minimum absolute atomic E-state index is 0.0689. The summed E-state index contributed by atoms with van der Waals surface area (Å²) in [6.45, 7) is 0.854. The fourth-order valence-electron chi connectivity index (χ4n) is 4.04. The highest BCUT2D eigenvalue weighted by Gasteiger charge is 2.21. The Balaban J connectivity index is 1.49. The van der Waals surface area contributed by atoms with Gasteiger partial charge in [-0.25, -0.2) is 9.97 Å². The number of pyridine rings is 2. The second-order valence-corrected chi connectivity index (χ2v) is 8.84. The summed E-state index contributed by atoms with van der Waals surface area (Å²) in [6.07, 6.45) is 3.57. The predicted molar refractivity (Wildman–Crippen MR) is 140 cm³/mol. The molecule has 1 fully saturated rings. The predicted octanol–water partition coefficient (Wildman–Crippen LogP) is 5.75. The lowest BCUT2D eigenvalue weighted by Gasteiger charge is -2.18. The quantitative estimate of drug-likeness (QED) is 0.281. The summed E-state index contributed by atoms with van der Waals surface area (Å²) in [7, 11) is 3.21. The van der Waals surface area contributed by atoms with Gasteiger partial charge in [-0.05, 0) is 48.6 Å². The molecular weight excluding hydrogens is 485 g/mol. The fourth-order valence-corrected chi connectivity index (χ4v) is 4.44. The zero-order valence-corrected chi connectivity index (χ0v) is 20.6. The Morgan fingerprint density at radius 1 is 0.771 bits per heavy atom. The summed E-state index contributed by atoms with van der Waals surface area (Å²) >= 11 is 12.9. The summed E-state index contributed by atoms with van der Waals surface area (Å²) in [5, 5.41) is 5.72. The number of carbonyl (C=O) groups excluding carboxylic acids is 1. The first-order valence-electron chi connectivity index (χ1n) is 10.9. The number of methoxy groups -OCH3 is 2. The molecule has 3 heterocycles. The maximum Gasteiger partial charge on any atom is 0.187 e. The van der Waals surface area contributed by atoms with Crippen LogP contribution in [0.1, 0.15) is 11.1 Å². The van der Waals surface area contributed by atoms with E-state index < -0.39 is 0 Å². The molecule has 8 heteroatoms. The van der Waals surface area contributed by atoms with Crippen LogP contribution >= 0.6 is 23.2 Å². The van der Waals surface area contributed by atoms with Crippen molar-refractivity contribution in [1.82, 2.24) is 15.3 Å². The van der Waals surface area contributed by atoms with E-state index in [9.17, 15) is 4.79 Å². The Hall–Kier alpha value is -3.45. The van der Waals surface area contributed by atoms with Crippen LogP contribution in [-0.2, 0) is 4.79 Å². The molecule has 1 aliphatic heterocycles. The van der Waals surface area contributed by atoms with E-state index in [1.807, 2.05) is 48.5 Å². The normalized spacial score (nSPS) is 16.4. The Bertz CT molecular complexity index is 1430. The molecule has 0 aliphatic carbocycles. The number of ketones is 1. The Morgan fingerprint density at radius 2 is 1.23 bits per heavy atom. The van der Waals surface area contributed by atoms with Crippen LogP contribution in [0.25, 0.3) is 34.0 Å². The molecule has 0 bridgehead atoms. The van der Waals surface area contributed by atoms with Crippen molar-refractivity contribution in [2.24, 2.45) is 0 Å². The number of rotatable bonds is 4. The molecule has 0 spiro atoms. The molecule has 1 aliphatic rings. The Kier molecular flexibility index (Phi) is 6.43. The van der Waals surface area contributed by atoms with Crippen molar-refractivity contribution in [2.75, 3.05) is 27.3 Å². The summed E-state index contributed by atoms with van der Waals surface area (Å²) < 4.78 is 10.5. The molecule has 2 aromatic heterocycles. The summed E-state index contributed by atoms with van der Waals surface area (Å²) in [5.74, 6) is 1.34. The van der Waals surface area contributed by atoms with Gasteiger partial charge < -0.3 is 14.8 Å². The molecule has 1 N–H and O–H groups in total. The first-order valence-corrected chi connectivity index (χ1v) is 11.7. The molecule has 4 aromatic rings. The van der Waals surface area contributed by atoms with Gasteiger partial charge in [-0.3, -0.25) is 4.79 Å². The van der Waals surface area contributed by atoms with Crippen LogP contribution in [-0.4, -0.2) is 43.1 Å². The number of fused-ring (bicyclic) bond motifs is 2. The first kappa shape index (κ1) is 23.3. The van der Waals surface area contributed by atoms with E-state index in [0.717, 1.165) is 21.8 Å². The van der Waals surface area contributed by atoms with Crippen molar-refractivity contribution in [2.45, 2.75) is 0 Å². The molecule has 0 atom stereocenters. The van der Waals surface area contributed by atoms with E-state index in [0.29, 0.717) is 57.2 Å². The highest BCUT2D eigenvalue weighted by molar-refractivity contribution is 6.32. The maximum atomic E-state index is 13.3. The SMILES string of the molecule is COc1ccc2cc(/C=C3\CNC/C(=C\c4cc5ccc(OC)cc5nc4Cl)C3=O)c(Cl)nc2c1.